The second-order valence-electron chi connectivity index (χ2n) is 6.56. The van der Waals surface area contributed by atoms with Gasteiger partial charge < -0.3 is 5.32 Å². The zero-order valence-electron chi connectivity index (χ0n) is 15.0. The first-order valence-electron chi connectivity index (χ1n) is 8.69. The van der Waals surface area contributed by atoms with E-state index in [4.69, 9.17) is 23.2 Å². The molecule has 1 fully saturated rings. The van der Waals surface area contributed by atoms with Crippen LogP contribution in [0.15, 0.2) is 41.4 Å². The number of nitrogens with one attached hydrogen (secondary N) is 2. The molecule has 0 saturated carbocycles. The monoisotopic (exact) mass is 428 g/mol. The highest BCUT2D eigenvalue weighted by atomic mass is 35.5. The van der Waals surface area contributed by atoms with E-state index in [2.05, 4.69) is 19.9 Å². The lowest BCUT2D eigenvalue weighted by molar-refractivity contribution is 0.211. The van der Waals surface area contributed by atoms with E-state index in [9.17, 15) is 8.42 Å². The lowest BCUT2D eigenvalue weighted by Gasteiger charge is -2.32. The Bertz CT molecular complexity index is 862. The molecule has 1 aliphatic heterocycles. The van der Waals surface area contributed by atoms with Crippen molar-refractivity contribution < 1.29 is 8.42 Å². The third-order valence-electron chi connectivity index (χ3n) is 4.58. The van der Waals surface area contributed by atoms with Crippen LogP contribution in [-0.2, 0) is 16.6 Å². The molecule has 3 rings (SSSR count). The predicted octanol–water partition coefficient (Wildman–Crippen LogP) is 3.37. The molecule has 0 radical (unpaired) electrons. The van der Waals surface area contributed by atoms with Gasteiger partial charge in [0.25, 0.3) is 0 Å². The first kappa shape index (κ1) is 20.4. The van der Waals surface area contributed by atoms with Gasteiger partial charge in [0, 0.05) is 41.9 Å². The van der Waals surface area contributed by atoms with E-state index in [1.165, 1.54) is 13.2 Å². The lowest BCUT2D eigenvalue weighted by Crippen LogP contribution is -2.38. The van der Waals surface area contributed by atoms with Gasteiger partial charge >= 0.3 is 0 Å². The number of hydrogen-bond donors (Lipinski definition) is 2. The number of sulfonamides is 1. The molecule has 1 saturated heterocycles. The van der Waals surface area contributed by atoms with Crippen molar-refractivity contribution in [1.82, 2.24) is 14.6 Å². The average Bonchev–Trinajstić information content (AvgIpc) is 2.63. The summed E-state index contributed by atoms with van der Waals surface area (Å²) < 4.78 is 25.8. The predicted molar refractivity (Wildman–Crippen MR) is 109 cm³/mol. The zero-order valence-corrected chi connectivity index (χ0v) is 17.3. The van der Waals surface area contributed by atoms with Crippen LogP contribution >= 0.6 is 23.2 Å². The van der Waals surface area contributed by atoms with E-state index >= 15 is 0 Å². The fraction of sp³-hybridized carbons (Fsp3) is 0.389. The minimum absolute atomic E-state index is 0.158. The third-order valence-corrected chi connectivity index (χ3v) is 6.42. The molecule has 27 heavy (non-hydrogen) atoms. The van der Waals surface area contributed by atoms with Crippen molar-refractivity contribution in [2.45, 2.75) is 30.3 Å². The van der Waals surface area contributed by atoms with Crippen molar-refractivity contribution in [3.63, 3.8) is 0 Å². The highest BCUT2D eigenvalue weighted by Crippen LogP contribution is 2.22. The van der Waals surface area contributed by atoms with E-state index in [0.29, 0.717) is 21.9 Å². The van der Waals surface area contributed by atoms with Gasteiger partial charge in [-0.05, 0) is 55.8 Å². The number of likely N-dealkylation sites (tertiary alicyclic amines) is 1. The van der Waals surface area contributed by atoms with Crippen LogP contribution < -0.4 is 10.0 Å². The Hall–Kier alpha value is -1.38. The highest BCUT2D eigenvalue weighted by molar-refractivity contribution is 7.89. The number of benzene rings is 1. The van der Waals surface area contributed by atoms with Crippen molar-refractivity contribution in [2.24, 2.45) is 0 Å². The minimum Gasteiger partial charge on any atom is -0.367 e. The normalized spacial score (nSPS) is 16.4. The molecule has 2 N–H and O–H groups in total. The molecule has 6 nitrogen and oxygen atoms in total. The maximum Gasteiger partial charge on any atom is 0.241 e. The van der Waals surface area contributed by atoms with Gasteiger partial charge in [-0.25, -0.2) is 18.1 Å². The molecule has 0 bridgehead atoms. The van der Waals surface area contributed by atoms with Crippen LogP contribution in [0.2, 0.25) is 10.0 Å². The number of hydrogen-bond acceptors (Lipinski definition) is 5. The number of pyridine rings is 1. The second-order valence-corrected chi connectivity index (χ2v) is 9.32. The van der Waals surface area contributed by atoms with Crippen LogP contribution in [0.1, 0.15) is 18.4 Å². The largest absolute Gasteiger partial charge is 0.367 e. The summed E-state index contributed by atoms with van der Waals surface area (Å²) in [7, 11) is -2.08. The fourth-order valence-electron chi connectivity index (χ4n) is 3.15. The molecule has 0 spiro atoms. The summed E-state index contributed by atoms with van der Waals surface area (Å²) in [4.78, 5) is 6.75. The molecule has 2 heterocycles. The Morgan fingerprint density at radius 3 is 2.37 bits per heavy atom. The third kappa shape index (κ3) is 5.56. The van der Waals surface area contributed by atoms with Gasteiger partial charge in [0.15, 0.2) is 0 Å². The number of rotatable bonds is 6. The Morgan fingerprint density at radius 1 is 1.15 bits per heavy atom. The molecule has 0 amide bonds. The summed E-state index contributed by atoms with van der Waals surface area (Å²) in [6, 6.07) is 9.20. The molecular weight excluding hydrogens is 407 g/mol. The van der Waals surface area contributed by atoms with Crippen molar-refractivity contribution in [3.8, 4) is 0 Å². The van der Waals surface area contributed by atoms with Gasteiger partial charge in [-0.3, -0.25) is 4.90 Å². The van der Waals surface area contributed by atoms with Gasteiger partial charge in [-0.2, -0.15) is 0 Å². The van der Waals surface area contributed by atoms with Gasteiger partial charge in [0.05, 0.1) is 0 Å². The van der Waals surface area contributed by atoms with Crippen molar-refractivity contribution in [3.05, 3.63) is 52.1 Å². The van der Waals surface area contributed by atoms with Crippen LogP contribution in [0.5, 0.6) is 0 Å². The van der Waals surface area contributed by atoms with Crippen molar-refractivity contribution in [1.29, 1.82) is 0 Å². The lowest BCUT2D eigenvalue weighted by atomic mass is 10.0. The van der Waals surface area contributed by atoms with Crippen LogP contribution in [-0.4, -0.2) is 44.5 Å². The quantitative estimate of drug-likeness (QED) is 0.737. The number of aromatic nitrogens is 1. The summed E-state index contributed by atoms with van der Waals surface area (Å²) in [5.41, 5.74) is 1.11. The average molecular weight is 429 g/mol. The van der Waals surface area contributed by atoms with Crippen molar-refractivity contribution in [2.75, 3.05) is 25.5 Å². The maximum atomic E-state index is 11.7. The molecule has 1 aromatic carbocycles. The number of halogens is 2. The molecular formula is C18H22Cl2N4O2S. The maximum absolute atomic E-state index is 11.7. The van der Waals surface area contributed by atoms with Crippen LogP contribution in [0.25, 0.3) is 0 Å². The van der Waals surface area contributed by atoms with E-state index in [1.807, 2.05) is 12.1 Å². The second kappa shape index (κ2) is 8.75. The number of nitrogens with zero attached hydrogens (tertiary/aromatic N) is 2. The molecule has 146 valence electrons. The molecule has 0 aliphatic carbocycles. The number of anilines is 1. The zero-order chi connectivity index (χ0) is 19.4. The summed E-state index contributed by atoms with van der Waals surface area (Å²) in [5, 5.41) is 4.70. The molecule has 1 aromatic heterocycles. The van der Waals surface area contributed by atoms with E-state index in [-0.39, 0.29) is 4.90 Å². The van der Waals surface area contributed by atoms with Crippen molar-refractivity contribution >= 4 is 39.0 Å². The Kier molecular flexibility index (Phi) is 6.60. The van der Waals surface area contributed by atoms with Gasteiger partial charge in [0.2, 0.25) is 10.0 Å². The summed E-state index contributed by atoms with van der Waals surface area (Å²) in [6.07, 6.45) is 3.32. The Balaban J connectivity index is 1.52. The molecule has 2 aromatic rings. The standard InChI is InChI=1S/C18H22Cl2N4O2S/c1-21-27(25,26)17-2-3-18(22-11-17)23-16-4-6-24(7-5-16)12-13-8-14(19)10-15(20)9-13/h2-3,8-11,16,21H,4-7,12H2,1H3,(H,22,23). The molecule has 1 aliphatic rings. The smallest absolute Gasteiger partial charge is 0.241 e. The summed E-state index contributed by atoms with van der Waals surface area (Å²) >= 11 is 12.1. The van der Waals surface area contributed by atoms with E-state index < -0.39 is 10.0 Å². The number of piperidine rings is 1. The SMILES string of the molecule is CNS(=O)(=O)c1ccc(NC2CCN(Cc3cc(Cl)cc(Cl)c3)CC2)nc1. The van der Waals surface area contributed by atoms with Gasteiger partial charge in [-0.15, -0.1) is 0 Å². The first-order valence-corrected chi connectivity index (χ1v) is 10.9. The van der Waals surface area contributed by atoms with Gasteiger partial charge in [-0.1, -0.05) is 23.2 Å². The minimum atomic E-state index is -3.46. The molecule has 0 atom stereocenters. The van der Waals surface area contributed by atoms with Crippen LogP contribution in [0.3, 0.4) is 0 Å². The van der Waals surface area contributed by atoms with E-state index in [0.717, 1.165) is 38.0 Å². The molecule has 9 heteroatoms. The van der Waals surface area contributed by atoms with Crippen LogP contribution in [0, 0.1) is 0 Å². The summed E-state index contributed by atoms with van der Waals surface area (Å²) in [5.74, 6) is 0.685. The highest BCUT2D eigenvalue weighted by Gasteiger charge is 2.20. The van der Waals surface area contributed by atoms with Gasteiger partial charge in [0.1, 0.15) is 10.7 Å². The molecule has 0 unspecified atom stereocenters. The van der Waals surface area contributed by atoms with Crippen LogP contribution in [0.4, 0.5) is 5.82 Å². The topological polar surface area (TPSA) is 74.3 Å². The first-order chi connectivity index (χ1) is 12.9. The Labute approximate surface area is 169 Å². The summed E-state index contributed by atoms with van der Waals surface area (Å²) in [6.45, 7) is 2.73. The fourth-order valence-corrected chi connectivity index (χ4v) is 4.39. The Morgan fingerprint density at radius 2 is 1.81 bits per heavy atom. The van der Waals surface area contributed by atoms with E-state index in [1.54, 1.807) is 18.2 Å².